The summed E-state index contributed by atoms with van der Waals surface area (Å²) in [7, 11) is 0. The summed E-state index contributed by atoms with van der Waals surface area (Å²) in [5, 5.41) is 8.47. The van der Waals surface area contributed by atoms with Crippen LogP contribution in [0.4, 0.5) is 8.78 Å². The molecule has 1 heterocycles. The minimum absolute atomic E-state index is 0.286. The fourth-order valence-electron chi connectivity index (χ4n) is 0.814. The van der Waals surface area contributed by atoms with Gasteiger partial charge in [-0.15, -0.1) is 0 Å². The first-order chi connectivity index (χ1) is 5.65. The summed E-state index contributed by atoms with van der Waals surface area (Å²) in [6.07, 6.45) is -1.41. The molecule has 0 aliphatic carbocycles. The fraction of sp³-hybridized carbons (Fsp3) is 0.250. The van der Waals surface area contributed by atoms with Gasteiger partial charge in [0.1, 0.15) is 11.8 Å². The average molecular weight is 168 g/mol. The van der Waals surface area contributed by atoms with Crippen LogP contribution in [0.2, 0.25) is 0 Å². The largest absolute Gasteiger partial charge is 0.280 e. The van der Waals surface area contributed by atoms with Gasteiger partial charge in [-0.25, -0.2) is 8.78 Å². The highest BCUT2D eigenvalue weighted by Crippen LogP contribution is 2.18. The van der Waals surface area contributed by atoms with Gasteiger partial charge in [0.15, 0.2) is 0 Å². The van der Waals surface area contributed by atoms with E-state index < -0.39 is 6.43 Å². The molecule has 0 N–H and O–H groups in total. The van der Waals surface area contributed by atoms with Crippen LogP contribution in [0.3, 0.4) is 0 Å². The van der Waals surface area contributed by atoms with Crippen molar-refractivity contribution < 1.29 is 8.78 Å². The summed E-state index contributed by atoms with van der Waals surface area (Å²) in [5.74, 6) is 0. The minimum atomic E-state index is -2.57. The number of nitriles is 1. The van der Waals surface area contributed by atoms with Crippen molar-refractivity contribution in [1.82, 2.24) is 4.98 Å². The van der Waals surface area contributed by atoms with Gasteiger partial charge >= 0.3 is 0 Å². The van der Waals surface area contributed by atoms with Crippen LogP contribution >= 0.6 is 0 Å². The van der Waals surface area contributed by atoms with E-state index in [0.29, 0.717) is 11.1 Å². The number of aromatic nitrogens is 1. The molecule has 0 fully saturated rings. The van der Waals surface area contributed by atoms with E-state index in [-0.39, 0.29) is 5.69 Å². The number of pyridine rings is 1. The normalized spacial score (nSPS) is 9.92. The molecule has 0 radical (unpaired) electrons. The third kappa shape index (κ3) is 1.56. The van der Waals surface area contributed by atoms with Gasteiger partial charge in [-0.05, 0) is 18.6 Å². The summed E-state index contributed by atoms with van der Waals surface area (Å²) >= 11 is 0. The second-order valence-corrected chi connectivity index (χ2v) is 2.34. The predicted octanol–water partition coefficient (Wildman–Crippen LogP) is 2.20. The molecule has 0 saturated heterocycles. The van der Waals surface area contributed by atoms with Crippen molar-refractivity contribution in [3.8, 4) is 6.07 Å². The van der Waals surface area contributed by atoms with Crippen molar-refractivity contribution in [2.45, 2.75) is 13.3 Å². The zero-order chi connectivity index (χ0) is 9.14. The van der Waals surface area contributed by atoms with Gasteiger partial charge in [-0.2, -0.15) is 5.26 Å². The lowest BCUT2D eigenvalue weighted by Gasteiger charge is -2.00. The van der Waals surface area contributed by atoms with Gasteiger partial charge in [0.05, 0.1) is 5.56 Å². The molecule has 0 spiro atoms. The highest BCUT2D eigenvalue weighted by molar-refractivity contribution is 5.35. The van der Waals surface area contributed by atoms with Gasteiger partial charge in [0.2, 0.25) is 0 Å². The maximum atomic E-state index is 12.0. The first-order valence-corrected chi connectivity index (χ1v) is 3.30. The number of hydrogen-bond donors (Lipinski definition) is 0. The number of aryl methyl sites for hydroxylation is 1. The molecule has 0 atom stereocenters. The molecule has 1 rings (SSSR count). The van der Waals surface area contributed by atoms with E-state index in [1.807, 2.05) is 6.07 Å². The molecule has 0 aliphatic rings. The van der Waals surface area contributed by atoms with Crippen molar-refractivity contribution in [2.24, 2.45) is 0 Å². The Morgan fingerprint density at radius 2 is 2.25 bits per heavy atom. The SMILES string of the molecule is Cc1cc(C(F)F)ncc1C#N. The van der Waals surface area contributed by atoms with Crippen molar-refractivity contribution in [1.29, 1.82) is 5.26 Å². The van der Waals surface area contributed by atoms with Gasteiger partial charge in [-0.1, -0.05) is 0 Å². The molecule has 0 aromatic carbocycles. The molecule has 4 heteroatoms. The fourth-order valence-corrected chi connectivity index (χ4v) is 0.814. The molecule has 62 valence electrons. The van der Waals surface area contributed by atoms with Crippen LogP contribution in [0.25, 0.3) is 0 Å². The van der Waals surface area contributed by atoms with Crippen molar-refractivity contribution >= 4 is 0 Å². The summed E-state index contributed by atoms with van der Waals surface area (Å²) in [6, 6.07) is 3.08. The highest BCUT2D eigenvalue weighted by atomic mass is 19.3. The number of hydrogen-bond acceptors (Lipinski definition) is 2. The number of halogens is 2. The Kier molecular flexibility index (Phi) is 2.34. The van der Waals surface area contributed by atoms with E-state index >= 15 is 0 Å². The molecule has 1 aromatic rings. The zero-order valence-corrected chi connectivity index (χ0v) is 6.38. The maximum Gasteiger partial charge on any atom is 0.280 e. The molecule has 0 unspecified atom stereocenters. The summed E-state index contributed by atoms with van der Waals surface area (Å²) < 4.78 is 24.1. The van der Waals surface area contributed by atoms with E-state index in [1.54, 1.807) is 6.92 Å². The first-order valence-electron chi connectivity index (χ1n) is 3.30. The summed E-state index contributed by atoms with van der Waals surface area (Å²) in [4.78, 5) is 3.44. The summed E-state index contributed by atoms with van der Waals surface area (Å²) in [5.41, 5.74) is 0.578. The molecule has 0 bridgehead atoms. The predicted molar refractivity (Wildman–Crippen MR) is 38.6 cm³/mol. The lowest BCUT2D eigenvalue weighted by molar-refractivity contribution is 0.146. The average Bonchev–Trinajstić information content (AvgIpc) is 2.04. The Morgan fingerprint density at radius 1 is 1.58 bits per heavy atom. The topological polar surface area (TPSA) is 36.7 Å². The van der Waals surface area contributed by atoms with Crippen LogP contribution in [-0.2, 0) is 0 Å². The molecule has 2 nitrogen and oxygen atoms in total. The monoisotopic (exact) mass is 168 g/mol. The van der Waals surface area contributed by atoms with Gasteiger partial charge in [-0.3, -0.25) is 4.98 Å². The Bertz CT molecular complexity index is 328. The van der Waals surface area contributed by atoms with Gasteiger partial charge in [0, 0.05) is 6.20 Å². The second-order valence-electron chi connectivity index (χ2n) is 2.34. The van der Waals surface area contributed by atoms with E-state index in [2.05, 4.69) is 4.98 Å². The van der Waals surface area contributed by atoms with E-state index in [0.717, 1.165) is 6.20 Å². The standard InChI is InChI=1S/C8H6F2N2/c1-5-2-7(8(9)10)12-4-6(5)3-11/h2,4,8H,1H3. The molecule has 12 heavy (non-hydrogen) atoms. The highest BCUT2D eigenvalue weighted by Gasteiger charge is 2.09. The van der Waals surface area contributed by atoms with Gasteiger partial charge in [0.25, 0.3) is 6.43 Å². The Hall–Kier alpha value is -1.50. The Morgan fingerprint density at radius 3 is 2.67 bits per heavy atom. The van der Waals surface area contributed by atoms with Crippen LogP contribution in [0.5, 0.6) is 0 Å². The van der Waals surface area contributed by atoms with Crippen LogP contribution in [-0.4, -0.2) is 4.98 Å². The molecule has 0 amide bonds. The van der Waals surface area contributed by atoms with Crippen LogP contribution < -0.4 is 0 Å². The van der Waals surface area contributed by atoms with Crippen molar-refractivity contribution in [2.75, 3.05) is 0 Å². The molecular weight excluding hydrogens is 162 g/mol. The smallest absolute Gasteiger partial charge is 0.254 e. The van der Waals surface area contributed by atoms with Crippen LogP contribution in [0.15, 0.2) is 12.3 Å². The van der Waals surface area contributed by atoms with E-state index in [9.17, 15) is 8.78 Å². The third-order valence-electron chi connectivity index (χ3n) is 1.48. The molecule has 1 aromatic heterocycles. The van der Waals surface area contributed by atoms with Crippen molar-refractivity contribution in [3.63, 3.8) is 0 Å². The maximum absolute atomic E-state index is 12.0. The zero-order valence-electron chi connectivity index (χ0n) is 6.38. The van der Waals surface area contributed by atoms with Crippen LogP contribution in [0.1, 0.15) is 23.2 Å². The molecular formula is C8H6F2N2. The second kappa shape index (κ2) is 3.26. The molecule has 0 aliphatic heterocycles. The quantitative estimate of drug-likeness (QED) is 0.644. The molecule has 0 saturated carbocycles. The number of rotatable bonds is 1. The number of nitrogens with zero attached hydrogens (tertiary/aromatic N) is 2. The van der Waals surface area contributed by atoms with E-state index in [1.165, 1.54) is 6.07 Å². The Balaban J connectivity index is 3.12. The third-order valence-corrected chi connectivity index (χ3v) is 1.48. The summed E-state index contributed by atoms with van der Waals surface area (Å²) in [6.45, 7) is 1.60. The van der Waals surface area contributed by atoms with Gasteiger partial charge < -0.3 is 0 Å². The van der Waals surface area contributed by atoms with E-state index in [4.69, 9.17) is 5.26 Å². The minimum Gasteiger partial charge on any atom is -0.254 e. The number of alkyl halides is 2. The van der Waals surface area contributed by atoms with Crippen molar-refractivity contribution in [3.05, 3.63) is 29.1 Å². The first kappa shape index (κ1) is 8.60. The van der Waals surface area contributed by atoms with Crippen LogP contribution in [0, 0.1) is 18.3 Å². The lowest BCUT2D eigenvalue weighted by Crippen LogP contribution is -1.93. The Labute approximate surface area is 68.5 Å². The lowest BCUT2D eigenvalue weighted by atomic mass is 10.1.